The van der Waals surface area contributed by atoms with Crippen LogP contribution >= 0.6 is 0 Å². The van der Waals surface area contributed by atoms with E-state index < -0.39 is 0 Å². The Balaban J connectivity index is 2.27. The molecule has 3 N–H and O–H groups in total. The predicted molar refractivity (Wildman–Crippen MR) is 74.3 cm³/mol. The van der Waals surface area contributed by atoms with Crippen molar-refractivity contribution in [1.82, 2.24) is 0 Å². The number of nitrogens with zero attached hydrogens (tertiary/aromatic N) is 2. The Bertz CT molecular complexity index is 452. The SMILES string of the molecule is CCCN(c1ccc(/C(N)=N/O)cc1C)C1CC1. The molecule has 0 heterocycles. The lowest BCUT2D eigenvalue weighted by Crippen LogP contribution is -2.27. The van der Waals surface area contributed by atoms with Crippen LogP contribution in [0, 0.1) is 6.92 Å². The molecule has 0 radical (unpaired) electrons. The van der Waals surface area contributed by atoms with Gasteiger partial charge in [0, 0.05) is 23.8 Å². The molecule has 4 nitrogen and oxygen atoms in total. The van der Waals surface area contributed by atoms with Gasteiger partial charge in [-0.3, -0.25) is 0 Å². The van der Waals surface area contributed by atoms with Gasteiger partial charge in [0.1, 0.15) is 0 Å². The average Bonchev–Trinajstić information content (AvgIpc) is 3.19. The summed E-state index contributed by atoms with van der Waals surface area (Å²) >= 11 is 0. The minimum absolute atomic E-state index is 0.165. The largest absolute Gasteiger partial charge is 0.409 e. The monoisotopic (exact) mass is 247 g/mol. The molecule has 1 aliphatic carbocycles. The molecule has 0 unspecified atom stereocenters. The quantitative estimate of drug-likeness (QED) is 0.363. The van der Waals surface area contributed by atoms with E-state index in [0.717, 1.165) is 18.5 Å². The van der Waals surface area contributed by atoms with Gasteiger partial charge in [0.25, 0.3) is 0 Å². The fourth-order valence-corrected chi connectivity index (χ4v) is 2.32. The summed E-state index contributed by atoms with van der Waals surface area (Å²) in [5.41, 5.74) is 8.83. The summed E-state index contributed by atoms with van der Waals surface area (Å²) in [6.45, 7) is 5.37. The third-order valence-corrected chi connectivity index (χ3v) is 3.36. The molecule has 0 atom stereocenters. The molecule has 1 aromatic rings. The maximum atomic E-state index is 8.69. The molecule has 0 saturated heterocycles. The maximum absolute atomic E-state index is 8.69. The van der Waals surface area contributed by atoms with Gasteiger partial charge in [0.05, 0.1) is 0 Å². The van der Waals surface area contributed by atoms with Gasteiger partial charge in [-0.05, 0) is 49.9 Å². The topological polar surface area (TPSA) is 61.8 Å². The minimum Gasteiger partial charge on any atom is -0.409 e. The summed E-state index contributed by atoms with van der Waals surface area (Å²) in [5.74, 6) is 0.165. The van der Waals surface area contributed by atoms with Gasteiger partial charge in [-0.15, -0.1) is 0 Å². The first-order chi connectivity index (χ1) is 8.67. The van der Waals surface area contributed by atoms with Crippen molar-refractivity contribution in [3.8, 4) is 0 Å². The molecule has 4 heteroatoms. The van der Waals surface area contributed by atoms with Crippen LogP contribution in [0.3, 0.4) is 0 Å². The molecule has 1 aliphatic rings. The first kappa shape index (κ1) is 12.7. The Hall–Kier alpha value is -1.71. The zero-order valence-electron chi connectivity index (χ0n) is 11.1. The van der Waals surface area contributed by atoms with E-state index >= 15 is 0 Å². The smallest absolute Gasteiger partial charge is 0.170 e. The van der Waals surface area contributed by atoms with E-state index in [9.17, 15) is 0 Å². The number of nitrogens with two attached hydrogens (primary N) is 1. The highest BCUT2D eigenvalue weighted by molar-refractivity contribution is 5.97. The molecule has 1 saturated carbocycles. The molecule has 2 rings (SSSR count). The summed E-state index contributed by atoms with van der Waals surface area (Å²) in [5, 5.41) is 11.7. The molecule has 1 fully saturated rings. The first-order valence-corrected chi connectivity index (χ1v) is 6.52. The van der Waals surface area contributed by atoms with Crippen LogP contribution in [-0.2, 0) is 0 Å². The van der Waals surface area contributed by atoms with E-state index in [-0.39, 0.29) is 5.84 Å². The Morgan fingerprint density at radius 3 is 2.72 bits per heavy atom. The van der Waals surface area contributed by atoms with Crippen molar-refractivity contribution in [2.24, 2.45) is 10.9 Å². The van der Waals surface area contributed by atoms with Gasteiger partial charge >= 0.3 is 0 Å². The normalized spacial score (nSPS) is 15.8. The molecule has 0 aliphatic heterocycles. The van der Waals surface area contributed by atoms with Gasteiger partial charge in [-0.2, -0.15) is 0 Å². The summed E-state index contributed by atoms with van der Waals surface area (Å²) in [4.78, 5) is 2.48. The van der Waals surface area contributed by atoms with Crippen LogP contribution in [-0.4, -0.2) is 23.6 Å². The second-order valence-electron chi connectivity index (χ2n) is 4.91. The zero-order chi connectivity index (χ0) is 13.1. The third-order valence-electron chi connectivity index (χ3n) is 3.36. The fraction of sp³-hybridized carbons (Fsp3) is 0.500. The minimum atomic E-state index is 0.165. The van der Waals surface area contributed by atoms with Gasteiger partial charge in [0.2, 0.25) is 0 Å². The second kappa shape index (κ2) is 5.29. The van der Waals surface area contributed by atoms with Crippen molar-refractivity contribution < 1.29 is 5.21 Å². The Kier molecular flexibility index (Phi) is 3.75. The third kappa shape index (κ3) is 2.58. The van der Waals surface area contributed by atoms with Crippen LogP contribution in [0.2, 0.25) is 0 Å². The molecule has 0 bridgehead atoms. The number of rotatable bonds is 5. The van der Waals surface area contributed by atoms with Gasteiger partial charge in [-0.1, -0.05) is 12.1 Å². The van der Waals surface area contributed by atoms with Gasteiger partial charge in [0.15, 0.2) is 5.84 Å². The Morgan fingerprint density at radius 1 is 1.50 bits per heavy atom. The summed E-state index contributed by atoms with van der Waals surface area (Å²) < 4.78 is 0. The Labute approximate surface area is 108 Å². The van der Waals surface area contributed by atoms with Crippen LogP contribution in [0.5, 0.6) is 0 Å². The van der Waals surface area contributed by atoms with E-state index in [0.29, 0.717) is 6.04 Å². The maximum Gasteiger partial charge on any atom is 0.170 e. The molecular formula is C14H21N3O. The number of oxime groups is 1. The lowest BCUT2D eigenvalue weighted by Gasteiger charge is -2.26. The lowest BCUT2D eigenvalue weighted by atomic mass is 10.1. The van der Waals surface area contributed by atoms with Crippen LogP contribution in [0.1, 0.15) is 37.3 Å². The van der Waals surface area contributed by atoms with Crippen molar-refractivity contribution in [3.63, 3.8) is 0 Å². The summed E-state index contributed by atoms with van der Waals surface area (Å²) in [7, 11) is 0. The number of amidine groups is 1. The first-order valence-electron chi connectivity index (χ1n) is 6.52. The zero-order valence-corrected chi connectivity index (χ0v) is 11.1. The average molecular weight is 247 g/mol. The van der Waals surface area contributed by atoms with E-state index in [1.807, 2.05) is 12.1 Å². The molecule has 0 amide bonds. The number of anilines is 1. The van der Waals surface area contributed by atoms with Gasteiger partial charge in [-0.25, -0.2) is 0 Å². The van der Waals surface area contributed by atoms with Crippen molar-refractivity contribution in [3.05, 3.63) is 29.3 Å². The second-order valence-corrected chi connectivity index (χ2v) is 4.91. The number of benzene rings is 1. The summed E-state index contributed by atoms with van der Waals surface area (Å²) in [6.07, 6.45) is 3.74. The number of hydrogen-bond donors (Lipinski definition) is 2. The molecule has 0 aromatic heterocycles. The summed E-state index contributed by atoms with van der Waals surface area (Å²) in [6, 6.07) is 6.69. The van der Waals surface area contributed by atoms with Gasteiger partial charge < -0.3 is 15.8 Å². The van der Waals surface area contributed by atoms with Crippen LogP contribution in [0.4, 0.5) is 5.69 Å². The highest BCUT2D eigenvalue weighted by atomic mass is 16.4. The van der Waals surface area contributed by atoms with E-state index in [1.54, 1.807) is 0 Å². The molecular weight excluding hydrogens is 226 g/mol. The van der Waals surface area contributed by atoms with Crippen molar-refractivity contribution in [1.29, 1.82) is 0 Å². The predicted octanol–water partition coefficient (Wildman–Crippen LogP) is 2.47. The van der Waals surface area contributed by atoms with E-state index in [4.69, 9.17) is 10.9 Å². The molecule has 18 heavy (non-hydrogen) atoms. The van der Waals surface area contributed by atoms with Crippen molar-refractivity contribution in [2.45, 2.75) is 39.2 Å². The fourth-order valence-electron chi connectivity index (χ4n) is 2.32. The van der Waals surface area contributed by atoms with Crippen molar-refractivity contribution >= 4 is 11.5 Å². The van der Waals surface area contributed by atoms with Crippen LogP contribution in [0.15, 0.2) is 23.4 Å². The lowest BCUT2D eigenvalue weighted by molar-refractivity contribution is 0.318. The van der Waals surface area contributed by atoms with Crippen molar-refractivity contribution in [2.75, 3.05) is 11.4 Å². The highest BCUT2D eigenvalue weighted by Crippen LogP contribution is 2.33. The molecule has 1 aromatic carbocycles. The standard InChI is InChI=1S/C14H21N3O/c1-3-8-17(12-5-6-12)13-7-4-11(9-10(13)2)14(15)16-18/h4,7,9,12,18H,3,5-6,8H2,1-2H3,(H2,15,16). The number of aryl methyl sites for hydroxylation is 1. The van der Waals surface area contributed by atoms with Crippen LogP contribution in [0.25, 0.3) is 0 Å². The van der Waals surface area contributed by atoms with E-state index in [1.165, 1.54) is 24.1 Å². The molecule has 98 valence electrons. The van der Waals surface area contributed by atoms with Crippen LogP contribution < -0.4 is 10.6 Å². The van der Waals surface area contributed by atoms with E-state index in [2.05, 4.69) is 30.0 Å². The molecule has 0 spiro atoms. The highest BCUT2D eigenvalue weighted by Gasteiger charge is 2.29. The number of hydrogen-bond acceptors (Lipinski definition) is 3. The Morgan fingerprint density at radius 2 is 2.22 bits per heavy atom.